The van der Waals surface area contributed by atoms with Crippen LogP contribution in [0, 0.1) is 5.41 Å². The van der Waals surface area contributed by atoms with Crippen LogP contribution in [0.1, 0.15) is 30.8 Å². The third-order valence-electron chi connectivity index (χ3n) is 3.57. The molecule has 2 rings (SSSR count). The molecule has 140 valence electrons. The molecule has 1 aliphatic heterocycles. The Balaban J connectivity index is 2.06. The molecule has 25 heavy (non-hydrogen) atoms. The number of aromatic nitrogens is 1. The molecule has 1 fully saturated rings. The summed E-state index contributed by atoms with van der Waals surface area (Å²) in [5, 5.41) is 14.3. The predicted molar refractivity (Wildman–Crippen MR) is 84.6 cm³/mol. The Morgan fingerprint density at radius 3 is 2.96 bits per heavy atom. The first kappa shape index (κ1) is 19.0. The number of nitrogens with one attached hydrogen (secondary N) is 2. The number of amides is 2. The van der Waals surface area contributed by atoms with Gasteiger partial charge in [0.25, 0.3) is 0 Å². The van der Waals surface area contributed by atoms with Crippen molar-refractivity contribution in [1.29, 1.82) is 5.41 Å². The lowest BCUT2D eigenvalue weighted by Gasteiger charge is -2.38. The molecule has 1 atom stereocenters. The van der Waals surface area contributed by atoms with Gasteiger partial charge in [0.2, 0.25) is 0 Å². The quantitative estimate of drug-likeness (QED) is 0.281. The van der Waals surface area contributed by atoms with E-state index in [0.717, 1.165) is 0 Å². The summed E-state index contributed by atoms with van der Waals surface area (Å²) in [4.78, 5) is 13.7. The molecule has 1 saturated heterocycles. The fraction of sp³-hybridized carbons (Fsp3) is 0.583. The molecule has 1 aromatic rings. The highest BCUT2D eigenvalue weighted by atomic mass is 32.3. The highest BCUT2D eigenvalue weighted by Gasteiger charge is 2.37. The number of nitrogens with two attached hydrogens (primary N) is 1. The van der Waals surface area contributed by atoms with Crippen molar-refractivity contribution in [3.63, 3.8) is 0 Å². The van der Waals surface area contributed by atoms with E-state index in [9.17, 15) is 13.2 Å². The van der Waals surface area contributed by atoms with Gasteiger partial charge in [0.15, 0.2) is 5.96 Å². The zero-order valence-electron chi connectivity index (χ0n) is 13.5. The molecule has 13 heteroatoms. The fourth-order valence-electron chi connectivity index (χ4n) is 2.54. The standard InChI is InChI=1S/C12H20N6O6S/c1-2-17-10(4-6-18(12(17)19)24-25(20,21)22)9-7-8(23-16-9)3-5-15-11(13)14/h7,10H,2-6H2,1H3,(H4,13,14,15)(H,20,21,22)/t10-/m0/s1. The Morgan fingerprint density at radius 2 is 2.36 bits per heavy atom. The molecule has 1 aliphatic rings. The molecule has 0 aliphatic carbocycles. The lowest BCUT2D eigenvalue weighted by atomic mass is 10.1. The summed E-state index contributed by atoms with van der Waals surface area (Å²) in [5.74, 6) is 0.414. The number of nitrogens with zero attached hydrogens (tertiary/aromatic N) is 3. The fourth-order valence-corrected chi connectivity index (χ4v) is 2.90. The minimum atomic E-state index is -4.77. The van der Waals surface area contributed by atoms with Crippen molar-refractivity contribution in [2.45, 2.75) is 25.8 Å². The molecule has 0 unspecified atom stereocenters. The minimum absolute atomic E-state index is 0.0339. The number of carbonyl (C=O) groups is 1. The van der Waals surface area contributed by atoms with Crippen molar-refractivity contribution < 1.29 is 26.6 Å². The van der Waals surface area contributed by atoms with Crippen molar-refractivity contribution in [2.24, 2.45) is 5.73 Å². The molecule has 0 saturated carbocycles. The largest absolute Gasteiger partial charge is 0.418 e. The van der Waals surface area contributed by atoms with Gasteiger partial charge < -0.3 is 20.5 Å². The van der Waals surface area contributed by atoms with E-state index < -0.39 is 22.5 Å². The van der Waals surface area contributed by atoms with Gasteiger partial charge in [-0.3, -0.25) is 9.96 Å². The molecular formula is C12H20N6O6S. The smallest absolute Gasteiger partial charge is 0.370 e. The summed E-state index contributed by atoms with van der Waals surface area (Å²) in [6.07, 6.45) is 0.796. The van der Waals surface area contributed by atoms with Crippen molar-refractivity contribution in [1.82, 2.24) is 20.4 Å². The maximum absolute atomic E-state index is 12.3. The lowest BCUT2D eigenvalue weighted by molar-refractivity contribution is -0.0594. The van der Waals surface area contributed by atoms with E-state index in [1.54, 1.807) is 13.0 Å². The summed E-state index contributed by atoms with van der Waals surface area (Å²) in [6.45, 7) is 2.37. The second kappa shape index (κ2) is 7.67. The average molecular weight is 376 g/mol. The van der Waals surface area contributed by atoms with Crippen LogP contribution >= 0.6 is 0 Å². The van der Waals surface area contributed by atoms with E-state index in [-0.39, 0.29) is 19.0 Å². The van der Waals surface area contributed by atoms with Crippen LogP contribution in [0.3, 0.4) is 0 Å². The van der Waals surface area contributed by atoms with Crippen molar-refractivity contribution in [3.8, 4) is 0 Å². The molecule has 0 radical (unpaired) electrons. The molecule has 5 N–H and O–H groups in total. The highest BCUT2D eigenvalue weighted by Crippen LogP contribution is 2.30. The van der Waals surface area contributed by atoms with Gasteiger partial charge in [-0.2, -0.15) is 13.5 Å². The van der Waals surface area contributed by atoms with E-state index in [4.69, 9.17) is 20.2 Å². The third kappa shape index (κ3) is 5.04. The number of hydroxylamine groups is 2. The van der Waals surface area contributed by atoms with Crippen molar-refractivity contribution in [3.05, 3.63) is 17.5 Å². The lowest BCUT2D eigenvalue weighted by Crippen LogP contribution is -2.51. The Morgan fingerprint density at radius 1 is 1.64 bits per heavy atom. The monoisotopic (exact) mass is 376 g/mol. The summed E-state index contributed by atoms with van der Waals surface area (Å²) in [6, 6.07) is 0.595. The second-order valence-corrected chi connectivity index (χ2v) is 6.29. The molecule has 0 spiro atoms. The summed E-state index contributed by atoms with van der Waals surface area (Å²) < 4.78 is 39.8. The zero-order chi connectivity index (χ0) is 18.6. The van der Waals surface area contributed by atoms with Crippen LogP contribution in [0.2, 0.25) is 0 Å². The van der Waals surface area contributed by atoms with Crippen LogP contribution in [0.15, 0.2) is 10.6 Å². The van der Waals surface area contributed by atoms with E-state index in [0.29, 0.717) is 35.9 Å². The number of rotatable bonds is 7. The minimum Gasteiger partial charge on any atom is -0.370 e. The zero-order valence-corrected chi connectivity index (χ0v) is 14.3. The molecular weight excluding hydrogens is 356 g/mol. The third-order valence-corrected chi connectivity index (χ3v) is 3.94. The van der Waals surface area contributed by atoms with E-state index in [1.165, 1.54) is 4.90 Å². The summed E-state index contributed by atoms with van der Waals surface area (Å²) in [5.41, 5.74) is 5.72. The van der Waals surface area contributed by atoms with E-state index in [2.05, 4.69) is 14.8 Å². The maximum atomic E-state index is 12.3. The average Bonchev–Trinajstić information content (AvgIpc) is 2.96. The van der Waals surface area contributed by atoms with Crippen molar-refractivity contribution in [2.75, 3.05) is 19.6 Å². The van der Waals surface area contributed by atoms with Crippen LogP contribution in [-0.4, -0.2) is 59.7 Å². The van der Waals surface area contributed by atoms with Crippen molar-refractivity contribution >= 4 is 22.4 Å². The Labute approximate surface area is 144 Å². The molecule has 1 aromatic heterocycles. The van der Waals surface area contributed by atoms with Gasteiger partial charge in [-0.05, 0) is 13.3 Å². The van der Waals surface area contributed by atoms with Gasteiger partial charge in [0.05, 0.1) is 12.6 Å². The topological polar surface area (TPSA) is 175 Å². The summed E-state index contributed by atoms with van der Waals surface area (Å²) >= 11 is 0. The molecule has 2 heterocycles. The second-order valence-electron chi connectivity index (χ2n) is 5.29. The summed E-state index contributed by atoms with van der Waals surface area (Å²) in [7, 11) is -4.77. The van der Waals surface area contributed by atoms with Gasteiger partial charge in [-0.25, -0.2) is 4.79 Å². The Hall–Kier alpha value is -2.38. The molecule has 2 amide bonds. The molecule has 0 bridgehead atoms. The number of hydrogen-bond acceptors (Lipinski definition) is 7. The van der Waals surface area contributed by atoms with Crippen LogP contribution in [-0.2, 0) is 21.1 Å². The SMILES string of the molecule is CCN1C(=O)N(OS(=O)(=O)O)CC[C@H]1c1cc(CCNC(=N)N)on1. The van der Waals surface area contributed by atoms with Crippen LogP contribution in [0.25, 0.3) is 0 Å². The number of hydrogen-bond donors (Lipinski definition) is 4. The van der Waals surface area contributed by atoms with Crippen LogP contribution < -0.4 is 11.1 Å². The van der Waals surface area contributed by atoms with Gasteiger partial charge in [0, 0.05) is 25.6 Å². The molecule has 0 aromatic carbocycles. The van der Waals surface area contributed by atoms with Crippen LogP contribution in [0.5, 0.6) is 0 Å². The predicted octanol–water partition coefficient (Wildman–Crippen LogP) is -0.377. The first-order valence-corrected chi connectivity index (χ1v) is 8.86. The first-order valence-electron chi connectivity index (χ1n) is 7.49. The highest BCUT2D eigenvalue weighted by molar-refractivity contribution is 7.80. The Kier molecular flexibility index (Phi) is 5.81. The van der Waals surface area contributed by atoms with Gasteiger partial charge in [-0.1, -0.05) is 5.16 Å². The van der Waals surface area contributed by atoms with E-state index >= 15 is 0 Å². The van der Waals surface area contributed by atoms with Crippen LogP contribution in [0.4, 0.5) is 4.79 Å². The van der Waals surface area contributed by atoms with E-state index in [1.807, 2.05) is 0 Å². The normalized spacial score (nSPS) is 18.5. The number of guanidine groups is 1. The first-order chi connectivity index (χ1) is 11.7. The van der Waals surface area contributed by atoms with Gasteiger partial charge >= 0.3 is 16.4 Å². The maximum Gasteiger partial charge on any atom is 0.418 e. The Bertz CT molecular complexity index is 734. The number of carbonyl (C=O) groups excluding carboxylic acids is 1. The molecule has 12 nitrogen and oxygen atoms in total. The van der Waals surface area contributed by atoms with Gasteiger partial charge in [0.1, 0.15) is 11.5 Å². The van der Waals surface area contributed by atoms with Gasteiger partial charge in [-0.15, -0.1) is 4.28 Å². The number of urea groups is 1.